The van der Waals surface area contributed by atoms with Crippen LogP contribution in [0.2, 0.25) is 0 Å². The number of carboxylic acids is 1. The smallest absolute Gasteiger partial charge is 0.409 e. The van der Waals surface area contributed by atoms with Gasteiger partial charge >= 0.3 is 12.1 Å². The molecular formula is C10H19NO4. The summed E-state index contributed by atoms with van der Waals surface area (Å²) in [6.07, 6.45) is 0.618. The quantitative estimate of drug-likeness (QED) is 0.728. The van der Waals surface area contributed by atoms with E-state index in [0.717, 1.165) is 19.2 Å². The van der Waals surface area contributed by atoms with Crippen molar-refractivity contribution >= 4 is 12.1 Å². The fraction of sp³-hybridized carbons (Fsp3) is 0.600. The van der Waals surface area contributed by atoms with Crippen molar-refractivity contribution in [3.63, 3.8) is 0 Å². The number of carboxylic acid groups (broad SMARTS) is 1. The molecule has 0 unspecified atom stereocenters. The van der Waals surface area contributed by atoms with E-state index in [2.05, 4.69) is 6.58 Å². The summed E-state index contributed by atoms with van der Waals surface area (Å²) in [6.45, 7) is 10.5. The van der Waals surface area contributed by atoms with Gasteiger partial charge in [-0.05, 0) is 20.8 Å². The fourth-order valence-corrected chi connectivity index (χ4v) is 0.697. The van der Waals surface area contributed by atoms with Crippen LogP contribution in [0.4, 0.5) is 4.79 Å². The molecule has 1 N–H and O–H groups in total. The summed E-state index contributed by atoms with van der Waals surface area (Å²) in [4.78, 5) is 21.8. The van der Waals surface area contributed by atoms with Crippen LogP contribution in [0, 0.1) is 0 Å². The van der Waals surface area contributed by atoms with E-state index in [1.807, 2.05) is 13.8 Å². The summed E-state index contributed by atoms with van der Waals surface area (Å²) < 4.78 is 4.77. The molecule has 88 valence electrons. The Labute approximate surface area is 90.3 Å². The fourth-order valence-electron chi connectivity index (χ4n) is 0.697. The summed E-state index contributed by atoms with van der Waals surface area (Å²) >= 11 is 0. The van der Waals surface area contributed by atoms with E-state index in [1.165, 1.54) is 0 Å². The van der Waals surface area contributed by atoms with E-state index < -0.39 is 5.97 Å². The average molecular weight is 217 g/mol. The Bertz CT molecular complexity index is 200. The van der Waals surface area contributed by atoms with Gasteiger partial charge in [-0.25, -0.2) is 9.59 Å². The number of ether oxygens (including phenoxy) is 1. The van der Waals surface area contributed by atoms with Gasteiger partial charge in [-0.3, -0.25) is 0 Å². The first-order valence-corrected chi connectivity index (χ1v) is 4.80. The second kappa shape index (κ2) is 10.6. The predicted octanol–water partition coefficient (Wildman–Crippen LogP) is 1.74. The van der Waals surface area contributed by atoms with Gasteiger partial charge in [0, 0.05) is 19.2 Å². The van der Waals surface area contributed by atoms with Crippen LogP contribution in [0.25, 0.3) is 0 Å². The van der Waals surface area contributed by atoms with Gasteiger partial charge in [0.05, 0.1) is 6.61 Å². The molecule has 0 aliphatic heterocycles. The Morgan fingerprint density at radius 1 is 1.33 bits per heavy atom. The zero-order valence-electron chi connectivity index (χ0n) is 9.52. The predicted molar refractivity (Wildman–Crippen MR) is 57.8 cm³/mol. The zero-order chi connectivity index (χ0) is 12.3. The lowest BCUT2D eigenvalue weighted by Gasteiger charge is -2.16. The van der Waals surface area contributed by atoms with E-state index >= 15 is 0 Å². The van der Waals surface area contributed by atoms with Crippen LogP contribution in [-0.2, 0) is 9.53 Å². The molecule has 0 heterocycles. The zero-order valence-corrected chi connectivity index (χ0v) is 9.52. The minimum Gasteiger partial charge on any atom is -0.478 e. The van der Waals surface area contributed by atoms with E-state index in [4.69, 9.17) is 9.84 Å². The number of amides is 1. The van der Waals surface area contributed by atoms with E-state index in [-0.39, 0.29) is 6.09 Å². The van der Waals surface area contributed by atoms with Gasteiger partial charge in [0.25, 0.3) is 0 Å². The number of carbonyl (C=O) groups is 2. The van der Waals surface area contributed by atoms with E-state index in [1.54, 1.807) is 11.8 Å². The summed E-state index contributed by atoms with van der Waals surface area (Å²) in [6, 6.07) is 0. The molecule has 0 bridgehead atoms. The minimum atomic E-state index is -0.981. The lowest BCUT2D eigenvalue weighted by molar-refractivity contribution is -0.131. The molecule has 0 aromatic rings. The molecule has 5 heteroatoms. The summed E-state index contributed by atoms with van der Waals surface area (Å²) in [5.41, 5.74) is 0. The molecule has 0 aromatic heterocycles. The maximum atomic E-state index is 10.9. The maximum Gasteiger partial charge on any atom is 0.409 e. The van der Waals surface area contributed by atoms with Gasteiger partial charge in [0.15, 0.2) is 0 Å². The Morgan fingerprint density at radius 3 is 1.93 bits per heavy atom. The molecule has 15 heavy (non-hydrogen) atoms. The average Bonchev–Trinajstić information content (AvgIpc) is 2.21. The number of rotatable bonds is 4. The number of nitrogens with zero attached hydrogens (tertiary/aromatic N) is 1. The van der Waals surface area contributed by atoms with Crippen molar-refractivity contribution in [3.8, 4) is 0 Å². The number of aliphatic carboxylic acids is 1. The monoisotopic (exact) mass is 217 g/mol. The Balaban J connectivity index is 0. The third-order valence-corrected chi connectivity index (χ3v) is 1.46. The molecule has 0 aromatic carbocycles. The molecule has 0 saturated carbocycles. The Hall–Kier alpha value is -1.52. The molecule has 0 saturated heterocycles. The molecular weight excluding hydrogens is 198 g/mol. The normalized spacial score (nSPS) is 8.20. The molecule has 0 spiro atoms. The van der Waals surface area contributed by atoms with Crippen molar-refractivity contribution < 1.29 is 19.4 Å². The van der Waals surface area contributed by atoms with Crippen molar-refractivity contribution in [1.82, 2.24) is 4.90 Å². The van der Waals surface area contributed by atoms with Crippen molar-refractivity contribution in [2.45, 2.75) is 20.8 Å². The Morgan fingerprint density at radius 2 is 1.73 bits per heavy atom. The Kier molecular flexibility index (Phi) is 11.2. The van der Waals surface area contributed by atoms with E-state index in [9.17, 15) is 9.59 Å². The maximum absolute atomic E-state index is 10.9. The third kappa shape index (κ3) is 10.4. The molecule has 0 fully saturated rings. The summed E-state index contributed by atoms with van der Waals surface area (Å²) in [5, 5.41) is 7.60. The van der Waals surface area contributed by atoms with Gasteiger partial charge in [-0.2, -0.15) is 0 Å². The van der Waals surface area contributed by atoms with Gasteiger partial charge in [0.2, 0.25) is 0 Å². The van der Waals surface area contributed by atoms with Crippen molar-refractivity contribution in [2.75, 3.05) is 19.7 Å². The highest BCUT2D eigenvalue weighted by molar-refractivity contribution is 5.78. The molecule has 0 aliphatic carbocycles. The van der Waals surface area contributed by atoms with Crippen LogP contribution in [-0.4, -0.2) is 41.8 Å². The van der Waals surface area contributed by atoms with E-state index in [0.29, 0.717) is 6.61 Å². The number of hydrogen-bond acceptors (Lipinski definition) is 3. The van der Waals surface area contributed by atoms with Crippen LogP contribution >= 0.6 is 0 Å². The molecule has 0 aliphatic rings. The van der Waals surface area contributed by atoms with Crippen LogP contribution in [0.3, 0.4) is 0 Å². The molecule has 1 amide bonds. The van der Waals surface area contributed by atoms with Crippen molar-refractivity contribution in [3.05, 3.63) is 12.7 Å². The first kappa shape index (κ1) is 15.9. The number of carbonyl (C=O) groups excluding carboxylic acids is 1. The number of hydrogen-bond donors (Lipinski definition) is 1. The van der Waals surface area contributed by atoms with Crippen LogP contribution in [0.5, 0.6) is 0 Å². The highest BCUT2D eigenvalue weighted by Crippen LogP contribution is 1.91. The summed E-state index contributed by atoms with van der Waals surface area (Å²) in [7, 11) is 0. The summed E-state index contributed by atoms with van der Waals surface area (Å²) in [5.74, 6) is -0.981. The topological polar surface area (TPSA) is 66.8 Å². The second-order valence-corrected chi connectivity index (χ2v) is 2.41. The van der Waals surface area contributed by atoms with Gasteiger partial charge in [-0.15, -0.1) is 0 Å². The van der Waals surface area contributed by atoms with Crippen LogP contribution in [0.1, 0.15) is 20.8 Å². The van der Waals surface area contributed by atoms with Gasteiger partial charge in [0.1, 0.15) is 0 Å². The first-order chi connectivity index (χ1) is 7.03. The van der Waals surface area contributed by atoms with Crippen LogP contribution in [0.15, 0.2) is 12.7 Å². The van der Waals surface area contributed by atoms with Crippen LogP contribution < -0.4 is 0 Å². The molecule has 0 radical (unpaired) electrons. The van der Waals surface area contributed by atoms with Gasteiger partial charge < -0.3 is 14.7 Å². The molecule has 5 nitrogen and oxygen atoms in total. The minimum absolute atomic E-state index is 0.215. The highest BCUT2D eigenvalue weighted by Gasteiger charge is 2.07. The van der Waals surface area contributed by atoms with Crippen molar-refractivity contribution in [2.24, 2.45) is 0 Å². The lowest BCUT2D eigenvalue weighted by atomic mass is 10.6. The van der Waals surface area contributed by atoms with Gasteiger partial charge in [-0.1, -0.05) is 6.58 Å². The van der Waals surface area contributed by atoms with Crippen molar-refractivity contribution in [1.29, 1.82) is 0 Å². The SMILES string of the molecule is C=CC(=O)O.CCOC(=O)N(CC)CC. The second-order valence-electron chi connectivity index (χ2n) is 2.41. The first-order valence-electron chi connectivity index (χ1n) is 4.80. The third-order valence-electron chi connectivity index (χ3n) is 1.46. The lowest BCUT2D eigenvalue weighted by Crippen LogP contribution is -2.30. The highest BCUT2D eigenvalue weighted by atomic mass is 16.6. The molecule has 0 rings (SSSR count). The standard InChI is InChI=1S/C7H15NO2.C3H4O2/c1-4-8(5-2)7(9)10-6-3;1-2-3(4)5/h4-6H2,1-3H3;2H,1H2,(H,4,5). The largest absolute Gasteiger partial charge is 0.478 e. The molecule has 0 atom stereocenters.